The summed E-state index contributed by atoms with van der Waals surface area (Å²) >= 11 is 0. The Bertz CT molecular complexity index is 540. The van der Waals surface area contributed by atoms with Crippen LogP contribution in [0.5, 0.6) is 5.75 Å². The van der Waals surface area contributed by atoms with Crippen LogP contribution in [0.1, 0.15) is 24.2 Å². The summed E-state index contributed by atoms with van der Waals surface area (Å²) in [6, 6.07) is 14.2. The smallest absolute Gasteiger partial charge is 0.118 e. The van der Waals surface area contributed by atoms with E-state index in [2.05, 4.69) is 29.1 Å². The lowest BCUT2D eigenvalue weighted by molar-refractivity contribution is 0.208. The molecule has 0 spiro atoms. The Kier molecular flexibility index (Phi) is 5.31. The van der Waals surface area contributed by atoms with Gasteiger partial charge in [-0.05, 0) is 43.8 Å². The first-order valence-electron chi connectivity index (χ1n) is 7.11. The molecule has 0 aliphatic rings. The number of likely N-dealkylation sites (N-methyl/N-ethyl adjacent to an activating group) is 1. The highest BCUT2D eigenvalue weighted by atomic mass is 16.5. The van der Waals surface area contributed by atoms with Crippen molar-refractivity contribution in [3.8, 4) is 5.75 Å². The first-order valence-corrected chi connectivity index (χ1v) is 7.11. The highest BCUT2D eigenvalue weighted by molar-refractivity contribution is 5.30. The third-order valence-corrected chi connectivity index (χ3v) is 3.57. The van der Waals surface area contributed by atoms with E-state index >= 15 is 0 Å². The zero-order valence-electron chi connectivity index (χ0n) is 12.9. The average Bonchev–Trinajstić information content (AvgIpc) is 2.49. The summed E-state index contributed by atoms with van der Waals surface area (Å²) < 4.78 is 5.21. The summed E-state index contributed by atoms with van der Waals surface area (Å²) in [5.74, 6) is 0.856. The molecule has 0 saturated carbocycles. The molecule has 112 valence electrons. The average molecular weight is 285 g/mol. The van der Waals surface area contributed by atoms with Crippen LogP contribution >= 0.6 is 0 Å². The van der Waals surface area contributed by atoms with Gasteiger partial charge in [0.25, 0.3) is 0 Å². The van der Waals surface area contributed by atoms with Crippen molar-refractivity contribution in [1.82, 2.24) is 9.88 Å². The minimum atomic E-state index is 0.0205. The highest BCUT2D eigenvalue weighted by Gasteiger charge is 2.21. The molecule has 0 bridgehead atoms. The molecule has 0 saturated heterocycles. The van der Waals surface area contributed by atoms with Gasteiger partial charge in [0.15, 0.2) is 0 Å². The topological polar surface area (TPSA) is 51.4 Å². The van der Waals surface area contributed by atoms with Gasteiger partial charge in [0.05, 0.1) is 12.8 Å². The highest BCUT2D eigenvalue weighted by Crippen LogP contribution is 2.25. The van der Waals surface area contributed by atoms with Crippen molar-refractivity contribution in [2.75, 3.05) is 14.2 Å². The molecule has 1 aromatic heterocycles. The van der Waals surface area contributed by atoms with Crippen LogP contribution in [0.3, 0.4) is 0 Å². The Labute approximate surface area is 126 Å². The number of rotatable bonds is 6. The summed E-state index contributed by atoms with van der Waals surface area (Å²) in [4.78, 5) is 6.61. The maximum absolute atomic E-state index is 6.20. The Morgan fingerprint density at radius 2 is 1.90 bits per heavy atom. The molecule has 2 unspecified atom stereocenters. The largest absolute Gasteiger partial charge is 0.497 e. The molecule has 2 N–H and O–H groups in total. The molecule has 1 aromatic carbocycles. The number of aromatic nitrogens is 1. The van der Waals surface area contributed by atoms with Crippen LogP contribution in [0.15, 0.2) is 48.7 Å². The van der Waals surface area contributed by atoms with Crippen LogP contribution < -0.4 is 10.5 Å². The van der Waals surface area contributed by atoms with Crippen LogP contribution in [0, 0.1) is 0 Å². The van der Waals surface area contributed by atoms with Crippen LogP contribution in [0.4, 0.5) is 0 Å². The number of pyridine rings is 1. The Balaban J connectivity index is 2.17. The number of ether oxygens (including phenoxy) is 1. The Hall–Kier alpha value is -1.91. The molecule has 4 nitrogen and oxygen atoms in total. The van der Waals surface area contributed by atoms with Crippen LogP contribution in [0.25, 0.3) is 0 Å². The summed E-state index contributed by atoms with van der Waals surface area (Å²) in [6.45, 7) is 2.79. The Morgan fingerprint density at radius 1 is 1.19 bits per heavy atom. The van der Waals surface area contributed by atoms with E-state index in [1.54, 1.807) is 7.11 Å². The van der Waals surface area contributed by atoms with Gasteiger partial charge in [-0.1, -0.05) is 18.2 Å². The first-order chi connectivity index (χ1) is 10.1. The van der Waals surface area contributed by atoms with Crippen LogP contribution in [0.2, 0.25) is 0 Å². The number of nitrogens with zero attached hydrogens (tertiary/aromatic N) is 2. The molecule has 2 rings (SSSR count). The summed E-state index contributed by atoms with van der Waals surface area (Å²) in [7, 11) is 3.75. The maximum Gasteiger partial charge on any atom is 0.118 e. The van der Waals surface area contributed by atoms with E-state index in [1.165, 1.54) is 5.56 Å². The number of hydrogen-bond donors (Lipinski definition) is 1. The van der Waals surface area contributed by atoms with E-state index in [0.29, 0.717) is 0 Å². The van der Waals surface area contributed by atoms with Gasteiger partial charge in [0.2, 0.25) is 0 Å². The fourth-order valence-electron chi connectivity index (χ4n) is 2.61. The Morgan fingerprint density at radius 3 is 2.43 bits per heavy atom. The van der Waals surface area contributed by atoms with Gasteiger partial charge in [-0.3, -0.25) is 9.88 Å². The fourth-order valence-corrected chi connectivity index (χ4v) is 2.61. The third kappa shape index (κ3) is 4.03. The number of hydrogen-bond acceptors (Lipinski definition) is 4. The predicted octanol–water partition coefficient (Wildman–Crippen LogP) is 2.61. The summed E-state index contributed by atoms with van der Waals surface area (Å²) in [5.41, 5.74) is 8.43. The van der Waals surface area contributed by atoms with Gasteiger partial charge < -0.3 is 10.5 Å². The third-order valence-electron chi connectivity index (χ3n) is 3.57. The number of benzene rings is 1. The van der Waals surface area contributed by atoms with E-state index < -0.39 is 0 Å². The van der Waals surface area contributed by atoms with Crippen molar-refractivity contribution < 1.29 is 4.74 Å². The molecule has 0 amide bonds. The molecule has 0 aliphatic heterocycles. The second kappa shape index (κ2) is 7.20. The molecule has 4 heteroatoms. The molecular weight excluding hydrogens is 262 g/mol. The van der Waals surface area contributed by atoms with Crippen molar-refractivity contribution in [3.63, 3.8) is 0 Å². The zero-order valence-corrected chi connectivity index (χ0v) is 12.9. The van der Waals surface area contributed by atoms with Crippen molar-refractivity contribution in [3.05, 3.63) is 59.9 Å². The molecule has 2 aromatic rings. The molecular formula is C17H23N3O. The van der Waals surface area contributed by atoms with E-state index in [4.69, 9.17) is 10.5 Å². The van der Waals surface area contributed by atoms with E-state index in [9.17, 15) is 0 Å². The lowest BCUT2D eigenvalue weighted by atomic mass is 9.99. The molecule has 0 fully saturated rings. The second-order valence-electron chi connectivity index (χ2n) is 5.31. The van der Waals surface area contributed by atoms with Gasteiger partial charge >= 0.3 is 0 Å². The molecule has 0 aliphatic carbocycles. The number of nitrogens with two attached hydrogens (primary N) is 1. The second-order valence-corrected chi connectivity index (χ2v) is 5.31. The SMILES string of the molecule is COc1ccc(C(C(C)N)N(C)Cc2ccccn2)cc1. The first kappa shape index (κ1) is 15.5. The minimum Gasteiger partial charge on any atom is -0.497 e. The fraction of sp³-hybridized carbons (Fsp3) is 0.353. The van der Waals surface area contributed by atoms with E-state index in [-0.39, 0.29) is 12.1 Å². The maximum atomic E-state index is 6.20. The standard InChI is InChI=1S/C17H23N3O/c1-13(18)17(14-7-9-16(21-3)10-8-14)20(2)12-15-6-4-5-11-19-15/h4-11,13,17H,12,18H2,1-3H3. The van der Waals surface area contributed by atoms with Gasteiger partial charge in [0.1, 0.15) is 5.75 Å². The van der Waals surface area contributed by atoms with E-state index in [1.807, 2.05) is 43.5 Å². The lowest BCUT2D eigenvalue weighted by Gasteiger charge is -2.31. The zero-order chi connectivity index (χ0) is 15.2. The monoisotopic (exact) mass is 285 g/mol. The van der Waals surface area contributed by atoms with Gasteiger partial charge in [-0.2, -0.15) is 0 Å². The van der Waals surface area contributed by atoms with Crippen LogP contribution in [-0.4, -0.2) is 30.1 Å². The molecule has 2 atom stereocenters. The van der Waals surface area contributed by atoms with Crippen molar-refractivity contribution in [1.29, 1.82) is 0 Å². The van der Waals surface area contributed by atoms with Crippen molar-refractivity contribution in [2.45, 2.75) is 25.6 Å². The summed E-state index contributed by atoms with van der Waals surface area (Å²) in [5, 5.41) is 0. The minimum absolute atomic E-state index is 0.0205. The number of methoxy groups -OCH3 is 1. The van der Waals surface area contributed by atoms with Gasteiger partial charge in [-0.15, -0.1) is 0 Å². The molecule has 1 heterocycles. The van der Waals surface area contributed by atoms with Crippen molar-refractivity contribution in [2.24, 2.45) is 5.73 Å². The van der Waals surface area contributed by atoms with Gasteiger partial charge in [0, 0.05) is 24.8 Å². The summed E-state index contributed by atoms with van der Waals surface area (Å²) in [6.07, 6.45) is 1.82. The molecule has 0 radical (unpaired) electrons. The lowest BCUT2D eigenvalue weighted by Crippen LogP contribution is -2.37. The normalized spacial score (nSPS) is 14.0. The quantitative estimate of drug-likeness (QED) is 0.886. The van der Waals surface area contributed by atoms with Gasteiger partial charge in [-0.25, -0.2) is 0 Å². The van der Waals surface area contributed by atoms with Crippen molar-refractivity contribution >= 4 is 0 Å². The van der Waals surface area contributed by atoms with E-state index in [0.717, 1.165) is 18.0 Å². The molecule has 21 heavy (non-hydrogen) atoms. The van der Waals surface area contributed by atoms with Crippen LogP contribution in [-0.2, 0) is 6.54 Å². The predicted molar refractivity (Wildman–Crippen MR) is 85.1 cm³/mol.